The van der Waals surface area contributed by atoms with Gasteiger partial charge in [-0.3, -0.25) is 4.79 Å². The Kier molecular flexibility index (Phi) is 3.56. The minimum Gasteiger partial charge on any atom is -0.399 e. The monoisotopic (exact) mass is 285 g/mol. The Hall–Kier alpha value is -1.24. The van der Waals surface area contributed by atoms with Gasteiger partial charge >= 0.3 is 0 Å². The third-order valence-corrected chi connectivity index (χ3v) is 4.37. The van der Waals surface area contributed by atoms with E-state index in [-0.39, 0.29) is 0 Å². The van der Waals surface area contributed by atoms with E-state index in [4.69, 9.17) is 23.1 Å². The van der Waals surface area contributed by atoms with Crippen LogP contribution in [0.3, 0.4) is 0 Å². The number of primary amides is 1. The molecule has 2 aromatic rings. The maximum Gasteiger partial charge on any atom is 0.249 e. The zero-order valence-electron chi connectivity index (χ0n) is 8.51. The van der Waals surface area contributed by atoms with Crippen molar-refractivity contribution >= 4 is 46.3 Å². The molecule has 0 saturated heterocycles. The summed E-state index contributed by atoms with van der Waals surface area (Å²) in [6.07, 6.45) is 1.68. The molecule has 4 nitrogen and oxygen atoms in total. The van der Waals surface area contributed by atoms with Crippen LogP contribution in [-0.4, -0.2) is 10.9 Å². The Morgan fingerprint density at radius 1 is 1.47 bits per heavy atom. The fourth-order valence-electron chi connectivity index (χ4n) is 1.25. The molecule has 1 aromatic heterocycles. The molecule has 2 rings (SSSR count). The highest BCUT2D eigenvalue weighted by Gasteiger charge is 2.15. The first-order chi connectivity index (χ1) is 8.08. The number of amides is 1. The number of nitrogens with zero attached hydrogens (tertiary/aromatic N) is 1. The summed E-state index contributed by atoms with van der Waals surface area (Å²) in [6, 6.07) is 3.11. The number of anilines is 1. The summed E-state index contributed by atoms with van der Waals surface area (Å²) in [6.45, 7) is 0. The maximum atomic E-state index is 11.3. The van der Waals surface area contributed by atoms with E-state index in [1.165, 1.54) is 29.2 Å². The molecule has 0 bridgehead atoms. The number of carbonyl (C=O) groups excluding carboxylic acids is 1. The second kappa shape index (κ2) is 4.95. The van der Waals surface area contributed by atoms with Crippen molar-refractivity contribution in [1.82, 2.24) is 4.98 Å². The fourth-order valence-corrected chi connectivity index (χ4v) is 3.28. The lowest BCUT2D eigenvalue weighted by Crippen LogP contribution is -2.13. The zero-order chi connectivity index (χ0) is 12.4. The molecule has 17 heavy (non-hydrogen) atoms. The van der Waals surface area contributed by atoms with E-state index in [1.54, 1.807) is 12.3 Å². The minimum absolute atomic E-state index is 0.315. The van der Waals surface area contributed by atoms with E-state index in [2.05, 4.69) is 4.98 Å². The van der Waals surface area contributed by atoms with Gasteiger partial charge in [0.15, 0.2) is 4.34 Å². The zero-order valence-corrected chi connectivity index (χ0v) is 10.9. The Morgan fingerprint density at radius 3 is 2.82 bits per heavy atom. The summed E-state index contributed by atoms with van der Waals surface area (Å²) in [5, 5.41) is 2.25. The van der Waals surface area contributed by atoms with Crippen LogP contribution >= 0.6 is 34.7 Å². The van der Waals surface area contributed by atoms with Crippen molar-refractivity contribution in [3.8, 4) is 0 Å². The number of nitrogens with two attached hydrogens (primary N) is 2. The summed E-state index contributed by atoms with van der Waals surface area (Å²) in [7, 11) is 0. The van der Waals surface area contributed by atoms with Gasteiger partial charge in [-0.05, 0) is 12.1 Å². The SMILES string of the molecule is NC(=O)c1cc(N)cc(Cl)c1Sc1nccs1. The topological polar surface area (TPSA) is 82.0 Å². The van der Waals surface area contributed by atoms with Crippen molar-refractivity contribution in [3.05, 3.63) is 34.3 Å². The molecule has 7 heteroatoms. The number of hydrogen-bond donors (Lipinski definition) is 2. The molecule has 88 valence electrons. The van der Waals surface area contributed by atoms with Gasteiger partial charge < -0.3 is 11.5 Å². The molecule has 0 aliphatic carbocycles. The predicted octanol–water partition coefficient (Wildman–Crippen LogP) is 2.63. The number of thiazole rings is 1. The number of benzene rings is 1. The lowest BCUT2D eigenvalue weighted by atomic mass is 10.2. The molecule has 0 atom stereocenters. The first-order valence-electron chi connectivity index (χ1n) is 4.54. The van der Waals surface area contributed by atoms with E-state index >= 15 is 0 Å². The minimum atomic E-state index is -0.557. The lowest BCUT2D eigenvalue weighted by Gasteiger charge is -2.08. The average molecular weight is 286 g/mol. The Balaban J connectivity index is 2.48. The summed E-state index contributed by atoms with van der Waals surface area (Å²) < 4.78 is 0.791. The summed E-state index contributed by atoms with van der Waals surface area (Å²) in [5.74, 6) is -0.557. The van der Waals surface area contributed by atoms with Gasteiger partial charge in [0.05, 0.1) is 10.6 Å². The van der Waals surface area contributed by atoms with Crippen LogP contribution in [0.25, 0.3) is 0 Å². The number of hydrogen-bond acceptors (Lipinski definition) is 5. The molecule has 0 unspecified atom stereocenters. The highest BCUT2D eigenvalue weighted by atomic mass is 35.5. The van der Waals surface area contributed by atoms with Gasteiger partial charge in [0.2, 0.25) is 5.91 Å². The molecule has 0 saturated carbocycles. The second-order valence-corrected chi connectivity index (χ2v) is 5.70. The third-order valence-electron chi connectivity index (χ3n) is 1.93. The molecule has 1 aromatic carbocycles. The summed E-state index contributed by atoms with van der Waals surface area (Å²) in [4.78, 5) is 16.0. The summed E-state index contributed by atoms with van der Waals surface area (Å²) in [5.41, 5.74) is 11.6. The summed E-state index contributed by atoms with van der Waals surface area (Å²) >= 11 is 8.83. The van der Waals surface area contributed by atoms with Crippen molar-refractivity contribution in [3.63, 3.8) is 0 Å². The van der Waals surface area contributed by atoms with Crippen LogP contribution < -0.4 is 11.5 Å². The van der Waals surface area contributed by atoms with E-state index in [0.29, 0.717) is 21.2 Å². The van der Waals surface area contributed by atoms with Crippen molar-refractivity contribution < 1.29 is 4.79 Å². The van der Waals surface area contributed by atoms with Crippen LogP contribution in [0.15, 0.2) is 32.9 Å². The average Bonchev–Trinajstić information content (AvgIpc) is 2.74. The van der Waals surface area contributed by atoms with Crippen LogP contribution in [0, 0.1) is 0 Å². The van der Waals surface area contributed by atoms with Gasteiger partial charge in [0.1, 0.15) is 0 Å². The number of nitrogen functional groups attached to an aromatic ring is 1. The standard InChI is InChI=1S/C10H8ClN3OS2/c11-7-4-5(12)3-6(9(13)15)8(7)17-10-14-1-2-16-10/h1-4H,12H2,(H2,13,15). The number of aromatic nitrogens is 1. The van der Waals surface area contributed by atoms with Crippen LogP contribution in [0.1, 0.15) is 10.4 Å². The number of rotatable bonds is 3. The van der Waals surface area contributed by atoms with Gasteiger partial charge in [0.25, 0.3) is 0 Å². The number of halogens is 1. The van der Waals surface area contributed by atoms with Gasteiger partial charge in [0, 0.05) is 22.2 Å². The molecule has 1 amide bonds. The molecule has 1 heterocycles. The highest BCUT2D eigenvalue weighted by Crippen LogP contribution is 2.38. The first kappa shape index (κ1) is 12.2. The molecular formula is C10H8ClN3OS2. The molecule has 0 radical (unpaired) electrons. The van der Waals surface area contributed by atoms with Gasteiger partial charge in [-0.1, -0.05) is 23.4 Å². The van der Waals surface area contributed by atoms with Crippen molar-refractivity contribution in [2.24, 2.45) is 5.73 Å². The van der Waals surface area contributed by atoms with Gasteiger partial charge in [-0.25, -0.2) is 4.98 Å². The molecule has 4 N–H and O–H groups in total. The largest absolute Gasteiger partial charge is 0.399 e. The van der Waals surface area contributed by atoms with Crippen molar-refractivity contribution in [2.45, 2.75) is 9.24 Å². The van der Waals surface area contributed by atoms with Crippen molar-refractivity contribution in [2.75, 3.05) is 5.73 Å². The van der Waals surface area contributed by atoms with E-state index in [0.717, 1.165) is 4.34 Å². The van der Waals surface area contributed by atoms with Crippen LogP contribution in [0.2, 0.25) is 5.02 Å². The van der Waals surface area contributed by atoms with Crippen LogP contribution in [0.4, 0.5) is 5.69 Å². The Bertz CT molecular complexity index is 557. The smallest absolute Gasteiger partial charge is 0.249 e. The quantitative estimate of drug-likeness (QED) is 0.849. The number of carbonyl (C=O) groups is 1. The molecule has 0 aliphatic rings. The maximum absolute atomic E-state index is 11.3. The molecule has 0 spiro atoms. The normalized spacial score (nSPS) is 10.4. The highest BCUT2D eigenvalue weighted by molar-refractivity contribution is 8.01. The molecular weight excluding hydrogens is 278 g/mol. The van der Waals surface area contributed by atoms with Crippen LogP contribution in [0.5, 0.6) is 0 Å². The Morgan fingerprint density at radius 2 is 2.24 bits per heavy atom. The van der Waals surface area contributed by atoms with Crippen molar-refractivity contribution in [1.29, 1.82) is 0 Å². The first-order valence-corrected chi connectivity index (χ1v) is 6.61. The molecule has 0 fully saturated rings. The lowest BCUT2D eigenvalue weighted by molar-refractivity contribution is 0.0997. The van der Waals surface area contributed by atoms with Gasteiger partial charge in [-0.15, -0.1) is 11.3 Å². The fraction of sp³-hybridized carbons (Fsp3) is 0. The second-order valence-electron chi connectivity index (χ2n) is 3.14. The van der Waals surface area contributed by atoms with Gasteiger partial charge in [-0.2, -0.15) is 0 Å². The van der Waals surface area contributed by atoms with E-state index in [1.807, 2.05) is 5.38 Å². The van der Waals surface area contributed by atoms with Crippen LogP contribution in [-0.2, 0) is 0 Å². The predicted molar refractivity (Wildman–Crippen MR) is 70.6 cm³/mol. The third kappa shape index (κ3) is 2.71. The van der Waals surface area contributed by atoms with E-state index < -0.39 is 5.91 Å². The van der Waals surface area contributed by atoms with E-state index in [9.17, 15) is 4.79 Å². The Labute approximate surface area is 111 Å². The molecule has 0 aliphatic heterocycles.